The van der Waals surface area contributed by atoms with Crippen LogP contribution in [0.3, 0.4) is 0 Å². The van der Waals surface area contributed by atoms with Gasteiger partial charge < -0.3 is 9.31 Å². The molecule has 0 amide bonds. The summed E-state index contributed by atoms with van der Waals surface area (Å²) in [5, 5.41) is 0.416. The van der Waals surface area contributed by atoms with Gasteiger partial charge in [-0.25, -0.2) is 4.99 Å². The molecule has 1 fully saturated rings. The van der Waals surface area contributed by atoms with E-state index < -0.39 is 0 Å². The molecule has 0 spiro atoms. The van der Waals surface area contributed by atoms with Gasteiger partial charge in [0.1, 0.15) is 0 Å². The van der Waals surface area contributed by atoms with Gasteiger partial charge in [-0.2, -0.15) is 0 Å². The van der Waals surface area contributed by atoms with E-state index in [1.54, 1.807) is 7.11 Å². The van der Waals surface area contributed by atoms with Crippen molar-refractivity contribution in [1.82, 2.24) is 0 Å². The quantitative estimate of drug-likeness (QED) is 0.244. The zero-order valence-electron chi connectivity index (χ0n) is 23.7. The number of aliphatic imine (C=N–C) groups is 2. The third-order valence-corrected chi connectivity index (χ3v) is 9.93. The summed E-state index contributed by atoms with van der Waals surface area (Å²) >= 11 is 1.84. The van der Waals surface area contributed by atoms with Gasteiger partial charge in [-0.05, 0) is 49.6 Å². The predicted octanol–water partition coefficient (Wildman–Crippen LogP) is 7.65. The van der Waals surface area contributed by atoms with Crippen molar-refractivity contribution in [2.75, 3.05) is 13.7 Å². The highest BCUT2D eigenvalue weighted by Gasteiger charge is 2.61. The summed E-state index contributed by atoms with van der Waals surface area (Å²) in [6.07, 6.45) is 12.1. The number of amidine groups is 1. The molecule has 1 aromatic carbocycles. The highest BCUT2D eigenvalue weighted by molar-refractivity contribution is 8.04. The number of rotatable bonds is 9. The highest BCUT2D eigenvalue weighted by Crippen LogP contribution is 2.62. The molecular formula is C32H41BN2O2S. The number of nitrogens with zero attached hydrogens (tertiary/aromatic N) is 2. The van der Waals surface area contributed by atoms with Gasteiger partial charge in [0.15, 0.2) is 5.84 Å². The number of hydrogen-bond donors (Lipinski definition) is 0. The number of allylic oxidation sites excluding steroid dienone is 6. The fourth-order valence-corrected chi connectivity index (χ4v) is 6.49. The molecule has 0 N–H and O–H groups in total. The van der Waals surface area contributed by atoms with Crippen molar-refractivity contribution in [3.8, 4) is 0 Å². The normalized spacial score (nSPS) is 28.7. The van der Waals surface area contributed by atoms with Crippen molar-refractivity contribution in [1.29, 1.82) is 0 Å². The van der Waals surface area contributed by atoms with E-state index >= 15 is 0 Å². The van der Waals surface area contributed by atoms with Gasteiger partial charge >= 0.3 is 7.12 Å². The first-order valence-electron chi connectivity index (χ1n) is 13.6. The lowest BCUT2D eigenvalue weighted by molar-refractivity contribution is 0.0351. The van der Waals surface area contributed by atoms with Crippen LogP contribution in [0.15, 0.2) is 99.8 Å². The second-order valence-corrected chi connectivity index (χ2v) is 12.5. The standard InChI is InChI=1S/C32H41BN2O2S/c1-9-10-20-32-21-34-30(26-16-18-27(19-17-26)33(36-8)37-31(6,7)22(2)3)35-28(25-14-12-11-13-15-25)24(5)38-29(32)23(32)4/h9-16,18,20,22-23,29H,1,5,17,19,21H2,2-4,6-8H3/b20-10-,34-30-,35-28+/t23?,29?,32-/m1/s1. The molecule has 1 aliphatic heterocycles. The first-order valence-corrected chi connectivity index (χ1v) is 14.5. The molecule has 3 atom stereocenters. The molecule has 3 aliphatic rings. The minimum Gasteiger partial charge on any atom is -0.410 e. The van der Waals surface area contributed by atoms with E-state index in [0.29, 0.717) is 23.6 Å². The van der Waals surface area contributed by atoms with Crippen molar-refractivity contribution in [2.24, 2.45) is 27.2 Å². The molecule has 0 saturated heterocycles. The van der Waals surface area contributed by atoms with Gasteiger partial charge in [-0.15, -0.1) is 11.8 Å². The lowest BCUT2D eigenvalue weighted by Crippen LogP contribution is -2.40. The van der Waals surface area contributed by atoms with Crippen LogP contribution < -0.4 is 0 Å². The highest BCUT2D eigenvalue weighted by atomic mass is 32.2. The summed E-state index contributed by atoms with van der Waals surface area (Å²) in [4.78, 5) is 11.3. The molecule has 1 aromatic rings. The Labute approximate surface area is 233 Å². The van der Waals surface area contributed by atoms with Crippen LogP contribution in [0.1, 0.15) is 53.0 Å². The average molecular weight is 529 g/mol. The van der Waals surface area contributed by atoms with Crippen LogP contribution >= 0.6 is 11.8 Å². The van der Waals surface area contributed by atoms with Crippen molar-refractivity contribution >= 4 is 30.4 Å². The van der Waals surface area contributed by atoms with Gasteiger partial charge in [-0.1, -0.05) is 94.6 Å². The SMILES string of the molecule is C=C/C=C\[C@]12C/N=C(C3=CC=C(B(OC)OC(C)(C)C(C)C)CC3)\N=C(\c3ccccc3)C(=C)SC1C2C. The smallest absolute Gasteiger partial charge is 0.410 e. The summed E-state index contributed by atoms with van der Waals surface area (Å²) in [7, 11) is 1.35. The van der Waals surface area contributed by atoms with Gasteiger partial charge in [-0.3, -0.25) is 4.99 Å². The molecule has 38 heavy (non-hydrogen) atoms. The fraction of sp³-hybridized carbons (Fsp3) is 0.438. The minimum absolute atomic E-state index is 0.0116. The molecule has 2 unspecified atom stereocenters. The first kappa shape index (κ1) is 28.6. The Kier molecular flexibility index (Phi) is 8.86. The van der Waals surface area contributed by atoms with E-state index in [0.717, 1.165) is 45.9 Å². The Morgan fingerprint density at radius 2 is 1.92 bits per heavy atom. The average Bonchev–Trinajstić information content (AvgIpc) is 3.44. The molecule has 6 heteroatoms. The van der Waals surface area contributed by atoms with Crippen LogP contribution in [-0.4, -0.2) is 43.2 Å². The second kappa shape index (κ2) is 11.8. The van der Waals surface area contributed by atoms with E-state index in [1.807, 2.05) is 23.9 Å². The lowest BCUT2D eigenvalue weighted by Gasteiger charge is -2.33. The maximum Gasteiger partial charge on any atom is 0.489 e. The van der Waals surface area contributed by atoms with Crippen LogP contribution in [0.5, 0.6) is 0 Å². The minimum atomic E-state index is -0.368. The predicted molar refractivity (Wildman–Crippen MR) is 165 cm³/mol. The number of thioether (sulfide) groups is 1. The van der Waals surface area contributed by atoms with Gasteiger partial charge in [0, 0.05) is 28.2 Å². The first-order chi connectivity index (χ1) is 18.1. The zero-order chi connectivity index (χ0) is 27.5. The topological polar surface area (TPSA) is 43.2 Å². The molecule has 2 aliphatic carbocycles. The van der Waals surface area contributed by atoms with Crippen molar-refractivity contribution in [3.63, 3.8) is 0 Å². The molecule has 0 bridgehead atoms. The monoisotopic (exact) mass is 528 g/mol. The van der Waals surface area contributed by atoms with Crippen LogP contribution in [0.25, 0.3) is 0 Å². The van der Waals surface area contributed by atoms with E-state index in [4.69, 9.17) is 19.3 Å². The van der Waals surface area contributed by atoms with Gasteiger partial charge in [0.2, 0.25) is 0 Å². The van der Waals surface area contributed by atoms with Crippen molar-refractivity contribution in [3.05, 3.63) is 95.4 Å². The molecule has 0 aromatic heterocycles. The van der Waals surface area contributed by atoms with Gasteiger partial charge in [0.05, 0.1) is 17.9 Å². The third kappa shape index (κ3) is 5.93. The summed E-state index contributed by atoms with van der Waals surface area (Å²) in [6, 6.07) is 10.3. The Balaban J connectivity index is 1.71. The Morgan fingerprint density at radius 3 is 2.53 bits per heavy atom. The molecular weight excluding hydrogens is 487 g/mol. The number of fused-ring (bicyclic) bond motifs is 1. The summed E-state index contributed by atoms with van der Waals surface area (Å²) < 4.78 is 12.2. The maximum absolute atomic E-state index is 6.39. The van der Waals surface area contributed by atoms with Crippen molar-refractivity contribution < 1.29 is 9.31 Å². The van der Waals surface area contributed by atoms with Crippen LogP contribution in [0.4, 0.5) is 0 Å². The van der Waals surface area contributed by atoms with Crippen molar-refractivity contribution in [2.45, 2.75) is 58.3 Å². The Morgan fingerprint density at radius 1 is 1.18 bits per heavy atom. The van der Waals surface area contributed by atoms with E-state index in [2.05, 4.69) is 96.3 Å². The molecule has 1 saturated carbocycles. The number of benzene rings is 1. The largest absolute Gasteiger partial charge is 0.489 e. The van der Waals surface area contributed by atoms with Crippen LogP contribution in [-0.2, 0) is 9.31 Å². The van der Waals surface area contributed by atoms with Crippen LogP contribution in [0, 0.1) is 17.3 Å². The summed E-state index contributed by atoms with van der Waals surface area (Å²) in [5.41, 5.74) is 3.95. The second-order valence-electron chi connectivity index (χ2n) is 11.3. The van der Waals surface area contributed by atoms with E-state index in [9.17, 15) is 0 Å². The maximum atomic E-state index is 6.39. The molecule has 4 nitrogen and oxygen atoms in total. The Bertz CT molecular complexity index is 1210. The third-order valence-electron chi connectivity index (χ3n) is 8.35. The zero-order valence-corrected chi connectivity index (χ0v) is 24.6. The Hall–Kier alpha value is -2.41. The number of hydrogen-bond acceptors (Lipinski definition) is 5. The molecule has 1 heterocycles. The van der Waals surface area contributed by atoms with Gasteiger partial charge in [0.25, 0.3) is 0 Å². The summed E-state index contributed by atoms with van der Waals surface area (Å²) in [5.74, 6) is 1.66. The molecule has 4 rings (SSSR count). The van der Waals surface area contributed by atoms with E-state index in [-0.39, 0.29) is 18.1 Å². The molecule has 0 radical (unpaired) electrons. The summed E-state index contributed by atoms with van der Waals surface area (Å²) in [6.45, 7) is 20.0. The van der Waals surface area contributed by atoms with Crippen LogP contribution in [0.2, 0.25) is 0 Å². The lowest BCUT2D eigenvalue weighted by atomic mass is 9.71. The fourth-order valence-electron chi connectivity index (χ4n) is 4.95. The molecule has 200 valence electrons. The van der Waals surface area contributed by atoms with E-state index in [1.165, 1.54) is 0 Å².